The van der Waals surface area contributed by atoms with Crippen LogP contribution in [-0.4, -0.2) is 31.7 Å². The van der Waals surface area contributed by atoms with Gasteiger partial charge in [0.05, 0.1) is 18.8 Å². The Bertz CT molecular complexity index is 230. The van der Waals surface area contributed by atoms with Gasteiger partial charge in [-0.2, -0.15) is 0 Å². The molecule has 0 heterocycles. The fraction of sp³-hybridized carbons (Fsp3) is 1.00. The third kappa shape index (κ3) is 6.56. The van der Waals surface area contributed by atoms with Crippen molar-refractivity contribution < 1.29 is 22.6 Å². The molecular formula is C12H22F3NO2. The van der Waals surface area contributed by atoms with Crippen LogP contribution in [0.5, 0.6) is 0 Å². The van der Waals surface area contributed by atoms with Gasteiger partial charge in [-0.25, -0.2) is 0 Å². The Morgan fingerprint density at radius 2 is 1.83 bits per heavy atom. The van der Waals surface area contributed by atoms with Crippen molar-refractivity contribution in [3.05, 3.63) is 0 Å². The molecule has 108 valence electrons. The Balaban J connectivity index is 2.16. The fourth-order valence-corrected chi connectivity index (χ4v) is 2.09. The van der Waals surface area contributed by atoms with Crippen molar-refractivity contribution in [3.63, 3.8) is 0 Å². The van der Waals surface area contributed by atoms with Crippen molar-refractivity contribution in [3.8, 4) is 0 Å². The van der Waals surface area contributed by atoms with E-state index in [1.807, 2.05) is 0 Å². The molecule has 0 bridgehead atoms. The highest BCUT2D eigenvalue weighted by atomic mass is 19.4. The van der Waals surface area contributed by atoms with E-state index in [9.17, 15) is 13.2 Å². The van der Waals surface area contributed by atoms with Gasteiger partial charge in [-0.3, -0.25) is 4.74 Å². The molecule has 0 aromatic rings. The van der Waals surface area contributed by atoms with Crippen molar-refractivity contribution in [2.75, 3.05) is 13.2 Å². The van der Waals surface area contributed by atoms with Gasteiger partial charge in [0.1, 0.15) is 0 Å². The number of hydrogen-bond donors (Lipinski definition) is 1. The highest BCUT2D eigenvalue weighted by Crippen LogP contribution is 2.24. The summed E-state index contributed by atoms with van der Waals surface area (Å²) in [5.41, 5.74) is 5.59. The van der Waals surface area contributed by atoms with E-state index < -0.39 is 25.1 Å². The van der Waals surface area contributed by atoms with E-state index in [-0.39, 0.29) is 0 Å². The second-order valence-corrected chi connectivity index (χ2v) is 4.96. The fourth-order valence-electron chi connectivity index (χ4n) is 2.09. The Labute approximate surface area is 106 Å². The maximum atomic E-state index is 11.8. The average Bonchev–Trinajstić information content (AvgIpc) is 2.33. The van der Waals surface area contributed by atoms with E-state index in [1.165, 1.54) is 19.3 Å². The van der Waals surface area contributed by atoms with Gasteiger partial charge in [0.15, 0.2) is 0 Å². The normalized spacial score (nSPS) is 21.8. The summed E-state index contributed by atoms with van der Waals surface area (Å²) in [7, 11) is 0. The SMILES string of the molecule is C[C@@H](OCC1CCCCC1)[C@H](N)COC(F)(F)F. The largest absolute Gasteiger partial charge is 0.522 e. The minimum atomic E-state index is -4.62. The first-order chi connectivity index (χ1) is 8.38. The maximum Gasteiger partial charge on any atom is 0.522 e. The van der Waals surface area contributed by atoms with E-state index in [0.717, 1.165) is 12.8 Å². The molecule has 0 spiro atoms. The number of rotatable bonds is 6. The lowest BCUT2D eigenvalue weighted by Gasteiger charge is -2.26. The molecule has 1 saturated carbocycles. The van der Waals surface area contributed by atoms with Crippen LogP contribution >= 0.6 is 0 Å². The predicted octanol–water partition coefficient (Wildman–Crippen LogP) is 2.84. The summed E-state index contributed by atoms with van der Waals surface area (Å²) in [6, 6.07) is -0.754. The van der Waals surface area contributed by atoms with Gasteiger partial charge in [0, 0.05) is 6.61 Å². The summed E-state index contributed by atoms with van der Waals surface area (Å²) in [5, 5.41) is 0. The smallest absolute Gasteiger partial charge is 0.377 e. The van der Waals surface area contributed by atoms with Gasteiger partial charge in [-0.1, -0.05) is 19.3 Å². The maximum absolute atomic E-state index is 11.8. The van der Waals surface area contributed by atoms with E-state index in [0.29, 0.717) is 12.5 Å². The van der Waals surface area contributed by atoms with Crippen LogP contribution in [0.25, 0.3) is 0 Å². The Kier molecular flexibility index (Phi) is 6.38. The quantitative estimate of drug-likeness (QED) is 0.806. The molecular weight excluding hydrogens is 247 g/mol. The zero-order chi connectivity index (χ0) is 13.6. The topological polar surface area (TPSA) is 44.5 Å². The molecule has 0 radical (unpaired) electrons. The van der Waals surface area contributed by atoms with Gasteiger partial charge < -0.3 is 10.5 Å². The summed E-state index contributed by atoms with van der Waals surface area (Å²) in [6.07, 6.45) is 0.930. The van der Waals surface area contributed by atoms with Gasteiger partial charge in [0.25, 0.3) is 0 Å². The second-order valence-electron chi connectivity index (χ2n) is 4.96. The summed E-state index contributed by atoms with van der Waals surface area (Å²) in [5.74, 6) is 0.525. The molecule has 0 saturated heterocycles. The van der Waals surface area contributed by atoms with Gasteiger partial charge in [-0.05, 0) is 25.7 Å². The van der Waals surface area contributed by atoms with E-state index in [1.54, 1.807) is 6.92 Å². The van der Waals surface area contributed by atoms with Gasteiger partial charge in [-0.15, -0.1) is 13.2 Å². The summed E-state index contributed by atoms with van der Waals surface area (Å²) < 4.78 is 44.7. The standard InChI is InChI=1S/C12H22F3NO2/c1-9(11(16)8-18-12(13,14)15)17-7-10-5-3-2-4-6-10/h9-11H,2-8,16H2,1H3/t9-,11-/m1/s1. The van der Waals surface area contributed by atoms with E-state index in [4.69, 9.17) is 10.5 Å². The molecule has 1 aliphatic carbocycles. The average molecular weight is 269 g/mol. The summed E-state index contributed by atoms with van der Waals surface area (Å²) >= 11 is 0. The molecule has 0 unspecified atom stereocenters. The molecule has 2 N–H and O–H groups in total. The molecule has 18 heavy (non-hydrogen) atoms. The third-order valence-electron chi connectivity index (χ3n) is 3.36. The highest BCUT2D eigenvalue weighted by molar-refractivity contribution is 4.71. The van der Waals surface area contributed by atoms with Crippen LogP contribution in [0.1, 0.15) is 39.0 Å². The van der Waals surface area contributed by atoms with Crippen molar-refractivity contribution in [1.82, 2.24) is 0 Å². The van der Waals surface area contributed by atoms with E-state index >= 15 is 0 Å². The van der Waals surface area contributed by atoms with Crippen LogP contribution in [0.2, 0.25) is 0 Å². The monoisotopic (exact) mass is 269 g/mol. The lowest BCUT2D eigenvalue weighted by molar-refractivity contribution is -0.327. The van der Waals surface area contributed by atoms with Crippen LogP contribution in [0.4, 0.5) is 13.2 Å². The molecule has 2 atom stereocenters. The lowest BCUT2D eigenvalue weighted by Crippen LogP contribution is -2.41. The first-order valence-corrected chi connectivity index (χ1v) is 6.46. The van der Waals surface area contributed by atoms with Crippen molar-refractivity contribution in [2.45, 2.75) is 57.5 Å². The minimum absolute atomic E-state index is 0.422. The molecule has 0 aromatic heterocycles. The molecule has 1 aliphatic rings. The summed E-state index contributed by atoms with van der Waals surface area (Å²) in [4.78, 5) is 0. The van der Waals surface area contributed by atoms with Crippen molar-refractivity contribution in [1.29, 1.82) is 0 Å². The minimum Gasteiger partial charge on any atom is -0.377 e. The predicted molar refractivity (Wildman–Crippen MR) is 62.0 cm³/mol. The van der Waals surface area contributed by atoms with Gasteiger partial charge in [0.2, 0.25) is 0 Å². The molecule has 3 nitrogen and oxygen atoms in total. The highest BCUT2D eigenvalue weighted by Gasteiger charge is 2.31. The molecule has 0 aromatic carbocycles. The lowest BCUT2D eigenvalue weighted by atomic mass is 9.90. The van der Waals surface area contributed by atoms with Crippen LogP contribution in [-0.2, 0) is 9.47 Å². The molecule has 0 amide bonds. The van der Waals surface area contributed by atoms with Crippen molar-refractivity contribution >= 4 is 0 Å². The second kappa shape index (κ2) is 7.31. The zero-order valence-corrected chi connectivity index (χ0v) is 10.7. The van der Waals surface area contributed by atoms with Crippen LogP contribution < -0.4 is 5.73 Å². The number of halogens is 3. The Morgan fingerprint density at radius 3 is 2.39 bits per heavy atom. The van der Waals surface area contributed by atoms with E-state index in [2.05, 4.69) is 4.74 Å². The molecule has 1 fully saturated rings. The van der Waals surface area contributed by atoms with Crippen LogP contribution in [0, 0.1) is 5.92 Å². The molecule has 6 heteroatoms. The van der Waals surface area contributed by atoms with Crippen LogP contribution in [0.15, 0.2) is 0 Å². The number of nitrogens with two attached hydrogens (primary N) is 1. The first kappa shape index (κ1) is 15.7. The Hall–Kier alpha value is -0.330. The zero-order valence-electron chi connectivity index (χ0n) is 10.7. The van der Waals surface area contributed by atoms with Gasteiger partial charge >= 0.3 is 6.36 Å². The first-order valence-electron chi connectivity index (χ1n) is 6.46. The van der Waals surface area contributed by atoms with Crippen LogP contribution in [0.3, 0.4) is 0 Å². The number of hydrogen-bond acceptors (Lipinski definition) is 3. The number of ether oxygens (including phenoxy) is 2. The number of alkyl halides is 3. The summed E-state index contributed by atoms with van der Waals surface area (Å²) in [6.45, 7) is 1.71. The Morgan fingerprint density at radius 1 is 1.22 bits per heavy atom. The molecule has 0 aliphatic heterocycles. The van der Waals surface area contributed by atoms with Crippen molar-refractivity contribution in [2.24, 2.45) is 11.7 Å². The molecule has 1 rings (SSSR count). The third-order valence-corrected chi connectivity index (χ3v) is 3.36.